The molecule has 1 aromatic carbocycles. The van der Waals surface area contributed by atoms with Crippen molar-refractivity contribution < 1.29 is 0 Å². The van der Waals surface area contributed by atoms with E-state index in [1.165, 1.54) is 23.2 Å². The second-order valence-electron chi connectivity index (χ2n) is 6.59. The van der Waals surface area contributed by atoms with Crippen molar-refractivity contribution in [2.24, 2.45) is 10.4 Å². The Bertz CT molecular complexity index is 486. The van der Waals surface area contributed by atoms with Gasteiger partial charge in [-0.2, -0.15) is 0 Å². The van der Waals surface area contributed by atoms with Gasteiger partial charge in [0.1, 0.15) is 0 Å². The van der Waals surface area contributed by atoms with Crippen molar-refractivity contribution in [3.8, 4) is 0 Å². The molecule has 1 aliphatic heterocycles. The average Bonchev–Trinajstić information content (AvgIpc) is 2.67. The Hall–Kier alpha value is -0.960. The number of aliphatic imine (C=N–C) groups is 1. The molecule has 3 heteroatoms. The van der Waals surface area contributed by atoms with Gasteiger partial charge in [-0.05, 0) is 37.3 Å². The van der Waals surface area contributed by atoms with Crippen LogP contribution in [0.2, 0.25) is 0 Å². The van der Waals surface area contributed by atoms with E-state index in [2.05, 4.69) is 63.1 Å². The Balaban J connectivity index is 1.95. The molecule has 1 unspecified atom stereocenters. The average molecular weight is 276 g/mol. The highest BCUT2D eigenvalue weighted by molar-refractivity contribution is 8.15. The Morgan fingerprint density at radius 1 is 1.32 bits per heavy atom. The summed E-state index contributed by atoms with van der Waals surface area (Å²) in [7, 11) is 0. The molecule has 104 valence electrons. The van der Waals surface area contributed by atoms with E-state index in [0.717, 1.165) is 11.7 Å². The van der Waals surface area contributed by atoms with Gasteiger partial charge in [0.25, 0.3) is 0 Å². The third-order valence-electron chi connectivity index (χ3n) is 3.18. The fraction of sp³-hybridized carbons (Fsp3) is 0.562. The van der Waals surface area contributed by atoms with Crippen molar-refractivity contribution in [1.82, 2.24) is 0 Å². The lowest BCUT2D eigenvalue weighted by molar-refractivity contribution is 0.375. The summed E-state index contributed by atoms with van der Waals surface area (Å²) in [6, 6.07) is 6.49. The molecule has 0 saturated heterocycles. The van der Waals surface area contributed by atoms with Crippen LogP contribution < -0.4 is 5.32 Å². The molecule has 0 aromatic heterocycles. The SMILES string of the molecule is Cc1ccc(NC2=NCC(CC(C)(C)C)S2)c(C)c1. The number of benzene rings is 1. The van der Waals surface area contributed by atoms with Crippen molar-refractivity contribution >= 4 is 22.6 Å². The number of nitrogens with one attached hydrogen (secondary N) is 1. The van der Waals surface area contributed by atoms with Gasteiger partial charge >= 0.3 is 0 Å². The first-order chi connectivity index (χ1) is 8.83. The van der Waals surface area contributed by atoms with Crippen LogP contribution in [0.1, 0.15) is 38.3 Å². The molecule has 0 saturated carbocycles. The van der Waals surface area contributed by atoms with Gasteiger partial charge in [0.15, 0.2) is 5.17 Å². The highest BCUT2D eigenvalue weighted by Gasteiger charge is 2.25. The van der Waals surface area contributed by atoms with Gasteiger partial charge in [-0.25, -0.2) is 0 Å². The predicted molar refractivity (Wildman–Crippen MR) is 87.3 cm³/mol. The number of thioether (sulfide) groups is 1. The number of hydrogen-bond donors (Lipinski definition) is 1. The molecule has 1 heterocycles. The maximum absolute atomic E-state index is 4.63. The molecular weight excluding hydrogens is 252 g/mol. The smallest absolute Gasteiger partial charge is 0.161 e. The Morgan fingerprint density at radius 3 is 2.68 bits per heavy atom. The maximum atomic E-state index is 4.63. The molecule has 0 radical (unpaired) electrons. The minimum Gasteiger partial charge on any atom is -0.335 e. The van der Waals surface area contributed by atoms with E-state index in [0.29, 0.717) is 10.7 Å². The van der Waals surface area contributed by atoms with E-state index in [9.17, 15) is 0 Å². The lowest BCUT2D eigenvalue weighted by atomic mass is 9.90. The quantitative estimate of drug-likeness (QED) is 0.852. The van der Waals surface area contributed by atoms with Crippen LogP contribution in [0.15, 0.2) is 23.2 Å². The summed E-state index contributed by atoms with van der Waals surface area (Å²) in [5.41, 5.74) is 4.13. The summed E-state index contributed by atoms with van der Waals surface area (Å²) >= 11 is 1.88. The lowest BCUT2D eigenvalue weighted by Gasteiger charge is -2.21. The summed E-state index contributed by atoms with van der Waals surface area (Å²) in [6.07, 6.45) is 1.21. The summed E-state index contributed by atoms with van der Waals surface area (Å²) in [5.74, 6) is 0. The summed E-state index contributed by atoms with van der Waals surface area (Å²) < 4.78 is 0. The molecule has 1 aliphatic rings. The molecule has 1 N–H and O–H groups in total. The molecule has 0 amide bonds. The van der Waals surface area contributed by atoms with Gasteiger partial charge in [-0.15, -0.1) is 0 Å². The van der Waals surface area contributed by atoms with Crippen LogP contribution in [0, 0.1) is 19.3 Å². The highest BCUT2D eigenvalue weighted by atomic mass is 32.2. The van der Waals surface area contributed by atoms with E-state index < -0.39 is 0 Å². The minimum absolute atomic E-state index is 0.377. The number of rotatable bonds is 2. The van der Waals surface area contributed by atoms with Crippen molar-refractivity contribution in [2.45, 2.75) is 46.3 Å². The highest BCUT2D eigenvalue weighted by Crippen LogP contribution is 2.32. The zero-order valence-electron chi connectivity index (χ0n) is 12.6. The topological polar surface area (TPSA) is 24.4 Å². The fourth-order valence-electron chi connectivity index (χ4n) is 2.34. The molecule has 19 heavy (non-hydrogen) atoms. The van der Waals surface area contributed by atoms with E-state index in [-0.39, 0.29) is 0 Å². The van der Waals surface area contributed by atoms with Crippen molar-refractivity contribution in [3.05, 3.63) is 29.3 Å². The normalized spacial score (nSPS) is 19.4. The van der Waals surface area contributed by atoms with Crippen LogP contribution in [0.25, 0.3) is 0 Å². The standard InChI is InChI=1S/C16H24N2S/c1-11-6-7-14(12(2)8-11)18-15-17-10-13(19-15)9-16(3,4)5/h6-8,13H,9-10H2,1-5H3,(H,17,18). The summed E-state index contributed by atoms with van der Waals surface area (Å²) in [5, 5.41) is 5.15. The van der Waals surface area contributed by atoms with Crippen molar-refractivity contribution in [3.63, 3.8) is 0 Å². The van der Waals surface area contributed by atoms with E-state index in [1.54, 1.807) is 0 Å². The predicted octanol–water partition coefficient (Wildman–Crippen LogP) is 4.62. The lowest BCUT2D eigenvalue weighted by Crippen LogP contribution is -2.16. The molecule has 1 aromatic rings. The molecule has 1 atom stereocenters. The van der Waals surface area contributed by atoms with Crippen molar-refractivity contribution in [2.75, 3.05) is 11.9 Å². The van der Waals surface area contributed by atoms with Gasteiger partial charge in [-0.3, -0.25) is 4.99 Å². The second kappa shape index (κ2) is 5.58. The third-order valence-corrected chi connectivity index (χ3v) is 4.28. The van der Waals surface area contributed by atoms with Crippen LogP contribution in [0.3, 0.4) is 0 Å². The zero-order valence-corrected chi connectivity index (χ0v) is 13.4. The van der Waals surface area contributed by atoms with Crippen LogP contribution in [-0.4, -0.2) is 17.0 Å². The Kier molecular flexibility index (Phi) is 4.24. The van der Waals surface area contributed by atoms with Gasteiger partial charge in [-0.1, -0.05) is 50.2 Å². The van der Waals surface area contributed by atoms with Crippen LogP contribution in [0.4, 0.5) is 5.69 Å². The Labute approximate surface area is 121 Å². The Morgan fingerprint density at radius 2 is 2.05 bits per heavy atom. The molecule has 0 bridgehead atoms. The first-order valence-electron chi connectivity index (χ1n) is 6.89. The molecule has 0 fully saturated rings. The van der Waals surface area contributed by atoms with Crippen LogP contribution in [-0.2, 0) is 0 Å². The molecule has 2 rings (SSSR count). The van der Waals surface area contributed by atoms with E-state index in [4.69, 9.17) is 0 Å². The van der Waals surface area contributed by atoms with Gasteiger partial charge in [0, 0.05) is 10.9 Å². The molecule has 0 spiro atoms. The number of aryl methyl sites for hydroxylation is 2. The van der Waals surface area contributed by atoms with Gasteiger partial charge < -0.3 is 5.32 Å². The van der Waals surface area contributed by atoms with E-state index >= 15 is 0 Å². The number of anilines is 1. The number of amidine groups is 1. The fourth-order valence-corrected chi connectivity index (χ4v) is 3.71. The third kappa shape index (κ3) is 4.27. The number of hydrogen-bond acceptors (Lipinski definition) is 3. The first kappa shape index (κ1) is 14.4. The van der Waals surface area contributed by atoms with Gasteiger partial charge in [0.05, 0.1) is 6.54 Å². The van der Waals surface area contributed by atoms with E-state index in [1.807, 2.05) is 11.8 Å². The second-order valence-corrected chi connectivity index (χ2v) is 7.88. The summed E-state index contributed by atoms with van der Waals surface area (Å²) in [4.78, 5) is 4.63. The minimum atomic E-state index is 0.377. The van der Waals surface area contributed by atoms with Crippen molar-refractivity contribution in [1.29, 1.82) is 0 Å². The first-order valence-corrected chi connectivity index (χ1v) is 7.77. The molecular formula is C16H24N2S. The maximum Gasteiger partial charge on any atom is 0.161 e. The number of nitrogens with zero attached hydrogens (tertiary/aromatic N) is 1. The van der Waals surface area contributed by atoms with Crippen LogP contribution >= 0.6 is 11.8 Å². The molecule has 0 aliphatic carbocycles. The summed E-state index contributed by atoms with van der Waals surface area (Å²) in [6.45, 7) is 12.1. The molecule has 2 nitrogen and oxygen atoms in total. The monoisotopic (exact) mass is 276 g/mol. The zero-order chi connectivity index (χ0) is 14.0. The van der Waals surface area contributed by atoms with Gasteiger partial charge in [0.2, 0.25) is 0 Å². The van der Waals surface area contributed by atoms with Crippen LogP contribution in [0.5, 0.6) is 0 Å². The largest absolute Gasteiger partial charge is 0.335 e.